The number of carbonyl (C=O) groups excluding carboxylic acids is 1. The van der Waals surface area contributed by atoms with Crippen LogP contribution in [-0.2, 0) is 4.79 Å². The van der Waals surface area contributed by atoms with Gasteiger partial charge < -0.3 is 30.3 Å². The Morgan fingerprint density at radius 2 is 1.24 bits per heavy atom. The molecule has 7 nitrogen and oxygen atoms in total. The molecule has 0 atom stereocenters. The van der Waals surface area contributed by atoms with Crippen molar-refractivity contribution >= 4 is 31.7 Å². The van der Waals surface area contributed by atoms with E-state index in [9.17, 15) is 19.8 Å². The SMILES string of the molecule is CCCCCCCC/C=C\CCCCCCCC(=O)[O-].O=C(O)c1cc(O)c([O-])c(O)c1.[Ga]. The molecule has 1 aromatic carbocycles. The molecule has 3 radical (unpaired) electrons. The summed E-state index contributed by atoms with van der Waals surface area (Å²) in [4.78, 5) is 20.5. The van der Waals surface area contributed by atoms with Crippen LogP contribution < -0.4 is 10.2 Å². The van der Waals surface area contributed by atoms with Crippen LogP contribution in [0.1, 0.15) is 107 Å². The third-order valence-electron chi connectivity index (χ3n) is 4.94. The van der Waals surface area contributed by atoms with E-state index in [0.717, 1.165) is 31.4 Å². The number of phenolic OH excluding ortho intramolecular Hbond substituents is 2. The van der Waals surface area contributed by atoms with Gasteiger partial charge in [-0.15, -0.1) is 0 Å². The second-order valence-corrected chi connectivity index (χ2v) is 7.86. The number of allylic oxidation sites excluding steroid dienone is 2. The van der Waals surface area contributed by atoms with Gasteiger partial charge >= 0.3 is 5.97 Å². The van der Waals surface area contributed by atoms with Crippen LogP contribution in [0.5, 0.6) is 17.2 Å². The van der Waals surface area contributed by atoms with Crippen molar-refractivity contribution in [1.82, 2.24) is 0 Å². The van der Waals surface area contributed by atoms with Crippen LogP contribution in [0.15, 0.2) is 24.3 Å². The number of aromatic hydroxyl groups is 2. The Bertz CT molecular complexity index is 666. The Morgan fingerprint density at radius 3 is 1.67 bits per heavy atom. The van der Waals surface area contributed by atoms with Crippen LogP contribution in [-0.4, -0.2) is 47.0 Å². The number of hydrogen-bond acceptors (Lipinski definition) is 6. The van der Waals surface area contributed by atoms with Crippen LogP contribution in [0.3, 0.4) is 0 Å². The van der Waals surface area contributed by atoms with E-state index in [0.29, 0.717) is 0 Å². The molecule has 3 N–H and O–H groups in total. The first-order chi connectivity index (χ1) is 15.3. The van der Waals surface area contributed by atoms with Gasteiger partial charge in [0.25, 0.3) is 0 Å². The molecule has 1 rings (SSSR count). The molecule has 0 saturated carbocycles. The summed E-state index contributed by atoms with van der Waals surface area (Å²) < 4.78 is 0. The fraction of sp³-hybridized carbons (Fsp3) is 0.600. The van der Waals surface area contributed by atoms with Crippen molar-refractivity contribution in [2.75, 3.05) is 0 Å². The molecule has 0 amide bonds. The second-order valence-electron chi connectivity index (χ2n) is 7.86. The number of benzene rings is 1. The third-order valence-corrected chi connectivity index (χ3v) is 4.94. The van der Waals surface area contributed by atoms with Gasteiger partial charge in [-0.25, -0.2) is 4.79 Å². The monoisotopic (exact) mass is 519 g/mol. The van der Waals surface area contributed by atoms with Gasteiger partial charge in [-0.05, 0) is 56.4 Å². The average molecular weight is 520 g/mol. The number of unbranched alkanes of at least 4 members (excludes halogenated alkanes) is 11. The minimum Gasteiger partial charge on any atom is -0.867 e. The van der Waals surface area contributed by atoms with Crippen molar-refractivity contribution in [3.8, 4) is 17.2 Å². The maximum Gasteiger partial charge on any atom is 0.335 e. The topological polar surface area (TPSA) is 141 Å². The summed E-state index contributed by atoms with van der Waals surface area (Å²) in [5.41, 5.74) is -0.329. The number of carboxylic acid groups (broad SMARTS) is 2. The minimum absolute atomic E-state index is 0. The average Bonchev–Trinajstić information content (AvgIpc) is 2.74. The van der Waals surface area contributed by atoms with Crippen LogP contribution >= 0.6 is 0 Å². The molecule has 185 valence electrons. The van der Waals surface area contributed by atoms with E-state index in [1.807, 2.05) is 0 Å². The zero-order chi connectivity index (χ0) is 24.2. The van der Waals surface area contributed by atoms with Crippen molar-refractivity contribution in [3.63, 3.8) is 0 Å². The van der Waals surface area contributed by atoms with Gasteiger partial charge in [0.05, 0.1) is 5.56 Å². The van der Waals surface area contributed by atoms with Crippen molar-refractivity contribution in [1.29, 1.82) is 0 Å². The molecule has 0 aliphatic rings. The van der Waals surface area contributed by atoms with Gasteiger partial charge in [0, 0.05) is 25.8 Å². The molecular formula is C25H38GaO7-2. The number of carbonyl (C=O) groups is 2. The van der Waals surface area contributed by atoms with Crippen LogP contribution in [0.4, 0.5) is 0 Å². The number of aliphatic carboxylic acids is 1. The smallest absolute Gasteiger partial charge is 0.335 e. The molecule has 0 aromatic heterocycles. The zero-order valence-corrected chi connectivity index (χ0v) is 22.2. The summed E-state index contributed by atoms with van der Waals surface area (Å²) in [6, 6.07) is 1.56. The van der Waals surface area contributed by atoms with Crippen LogP contribution in [0.25, 0.3) is 0 Å². The Kier molecular flexibility index (Phi) is 21.8. The number of aromatic carboxylic acids is 1. The number of hydrogen-bond donors (Lipinski definition) is 3. The predicted molar refractivity (Wildman–Crippen MR) is 126 cm³/mol. The van der Waals surface area contributed by atoms with Gasteiger partial charge in [-0.2, -0.15) is 0 Å². The minimum atomic E-state index is -1.32. The van der Waals surface area contributed by atoms with Gasteiger partial charge in [-0.3, -0.25) is 0 Å². The Labute approximate surface area is 210 Å². The first-order valence-corrected chi connectivity index (χ1v) is 11.6. The molecule has 0 spiro atoms. The van der Waals surface area contributed by atoms with Crippen molar-refractivity contribution in [2.45, 2.75) is 96.8 Å². The maximum atomic E-state index is 10.7. The van der Waals surface area contributed by atoms with Crippen molar-refractivity contribution in [3.05, 3.63) is 29.8 Å². The van der Waals surface area contributed by atoms with E-state index < -0.39 is 29.2 Å². The summed E-state index contributed by atoms with van der Waals surface area (Å²) >= 11 is 0. The maximum absolute atomic E-state index is 10.7. The molecule has 0 aliphatic carbocycles. The molecule has 0 aliphatic heterocycles. The fourth-order valence-electron chi connectivity index (χ4n) is 3.06. The Balaban J connectivity index is 0. The summed E-state index contributed by atoms with van der Waals surface area (Å²) in [5, 5.41) is 46.9. The largest absolute Gasteiger partial charge is 0.867 e. The van der Waals surface area contributed by atoms with E-state index in [-0.39, 0.29) is 31.8 Å². The second kappa shape index (κ2) is 21.8. The van der Waals surface area contributed by atoms with E-state index in [1.54, 1.807) is 0 Å². The first kappa shape index (κ1) is 33.1. The summed E-state index contributed by atoms with van der Waals surface area (Å²) in [6.07, 6.45) is 20.9. The molecule has 0 heterocycles. The molecule has 0 bridgehead atoms. The van der Waals surface area contributed by atoms with E-state index >= 15 is 0 Å². The summed E-state index contributed by atoms with van der Waals surface area (Å²) in [5.74, 6) is -4.75. The normalized spacial score (nSPS) is 10.3. The first-order valence-electron chi connectivity index (χ1n) is 11.6. The van der Waals surface area contributed by atoms with Gasteiger partial charge in [0.1, 0.15) is 11.5 Å². The number of rotatable bonds is 16. The fourth-order valence-corrected chi connectivity index (χ4v) is 3.06. The summed E-state index contributed by atoms with van der Waals surface area (Å²) in [7, 11) is 0. The van der Waals surface area contributed by atoms with E-state index in [2.05, 4.69) is 19.1 Å². The van der Waals surface area contributed by atoms with Crippen LogP contribution in [0, 0.1) is 0 Å². The van der Waals surface area contributed by atoms with Gasteiger partial charge in [0.2, 0.25) is 0 Å². The number of carboxylic acids is 2. The zero-order valence-electron chi connectivity index (χ0n) is 19.8. The van der Waals surface area contributed by atoms with Gasteiger partial charge in [0.15, 0.2) is 0 Å². The molecule has 0 saturated heterocycles. The van der Waals surface area contributed by atoms with Crippen LogP contribution in [0.2, 0.25) is 0 Å². The molecule has 33 heavy (non-hydrogen) atoms. The molecule has 0 fully saturated rings. The molecule has 1 aromatic rings. The standard InChI is InChI=1S/C18H34O2.C7H6O5.Ga/c1-2-3-4-5-6-7-8-9-10-11-12-13-14-15-16-17-18(19)20;8-4-1-3(7(11)12)2-5(9)6(4)10;/h9-10H,2-8,11-17H2,1H3,(H,19,20);1-2,8-10H,(H,11,12);/p-2/b10-9-;;. The molecule has 0 unspecified atom stereocenters. The van der Waals surface area contributed by atoms with Crippen molar-refractivity contribution < 1.29 is 35.1 Å². The molecule has 8 heteroatoms. The Hall–Kier alpha value is -2.06. The molecular weight excluding hydrogens is 482 g/mol. The van der Waals surface area contributed by atoms with Gasteiger partial charge in [-0.1, -0.05) is 70.4 Å². The quantitative estimate of drug-likeness (QED) is 0.168. The van der Waals surface area contributed by atoms with E-state index in [4.69, 9.17) is 15.3 Å². The van der Waals surface area contributed by atoms with E-state index in [1.165, 1.54) is 64.2 Å². The summed E-state index contributed by atoms with van der Waals surface area (Å²) in [6.45, 7) is 2.26. The Morgan fingerprint density at radius 1 is 0.818 bits per heavy atom. The predicted octanol–water partition coefficient (Wildman–Crippen LogP) is 4.26. The van der Waals surface area contributed by atoms with Crippen molar-refractivity contribution in [2.24, 2.45) is 0 Å². The third kappa shape index (κ3) is 19.1. The number of phenols is 2.